The van der Waals surface area contributed by atoms with Gasteiger partial charge in [0.05, 0.1) is 6.54 Å². The summed E-state index contributed by atoms with van der Waals surface area (Å²) in [7, 11) is -5.28. The zero-order valence-corrected chi connectivity index (χ0v) is 16.4. The molecule has 0 aromatic carbocycles. The molecule has 0 radical (unpaired) electrons. The Hall–Kier alpha value is -1.56. The molecule has 1 aliphatic rings. The number of carbonyl (C=O) groups is 1. The molecule has 8 nitrogen and oxygen atoms in total. The van der Waals surface area contributed by atoms with Crippen LogP contribution in [0.15, 0.2) is 4.99 Å². The number of guanidine groups is 1. The molecular weight excluding hydrogens is 387 g/mol. The molecule has 0 spiro atoms. The normalized spacial score (nSPS) is 17.6. The second-order valence-corrected chi connectivity index (χ2v) is 8.06. The molecule has 158 valence electrons. The van der Waals surface area contributed by atoms with Gasteiger partial charge in [0.1, 0.15) is 0 Å². The van der Waals surface area contributed by atoms with Crippen LogP contribution in [-0.2, 0) is 14.8 Å². The van der Waals surface area contributed by atoms with Crippen molar-refractivity contribution in [2.75, 3.05) is 32.7 Å². The van der Waals surface area contributed by atoms with Crippen LogP contribution in [0.25, 0.3) is 0 Å². The molecule has 1 saturated heterocycles. The number of rotatable bonds is 8. The van der Waals surface area contributed by atoms with Gasteiger partial charge >= 0.3 is 15.5 Å². The van der Waals surface area contributed by atoms with Gasteiger partial charge in [0.25, 0.3) is 0 Å². The second-order valence-electron chi connectivity index (χ2n) is 6.13. The van der Waals surface area contributed by atoms with Crippen LogP contribution in [-0.4, -0.2) is 68.9 Å². The molecule has 1 amide bonds. The minimum absolute atomic E-state index is 0.0953. The van der Waals surface area contributed by atoms with E-state index < -0.39 is 15.5 Å². The number of nitrogens with one attached hydrogen (secondary N) is 3. The summed E-state index contributed by atoms with van der Waals surface area (Å²) in [5, 5.41) is 8.84. The Labute approximate surface area is 158 Å². The smallest absolute Gasteiger partial charge is 0.357 e. The molecule has 0 bridgehead atoms. The molecule has 27 heavy (non-hydrogen) atoms. The fraction of sp³-hybridized carbons (Fsp3) is 0.867. The van der Waals surface area contributed by atoms with Gasteiger partial charge in [-0.15, -0.1) is 0 Å². The highest BCUT2D eigenvalue weighted by atomic mass is 32.2. The highest BCUT2D eigenvalue weighted by Crippen LogP contribution is 2.28. The van der Waals surface area contributed by atoms with Crippen LogP contribution in [0, 0.1) is 0 Å². The van der Waals surface area contributed by atoms with E-state index in [1.807, 2.05) is 13.8 Å². The summed E-state index contributed by atoms with van der Waals surface area (Å²) in [6, 6.07) is -0.198. The number of hydrogen-bond acceptors (Lipinski definition) is 4. The first-order valence-corrected chi connectivity index (χ1v) is 10.4. The van der Waals surface area contributed by atoms with E-state index in [1.165, 1.54) is 0 Å². The van der Waals surface area contributed by atoms with E-state index in [9.17, 15) is 26.4 Å². The largest absolute Gasteiger partial charge is 0.511 e. The predicted octanol–water partition coefficient (Wildman–Crippen LogP) is 0.772. The molecule has 1 fully saturated rings. The predicted molar refractivity (Wildman–Crippen MR) is 96.6 cm³/mol. The maximum atomic E-state index is 12.6. The van der Waals surface area contributed by atoms with Crippen LogP contribution in [0.3, 0.4) is 0 Å². The molecule has 0 aliphatic carbocycles. The average molecular weight is 415 g/mol. The Morgan fingerprint density at radius 1 is 1.19 bits per heavy atom. The van der Waals surface area contributed by atoms with Crippen LogP contribution >= 0.6 is 0 Å². The number of alkyl halides is 3. The van der Waals surface area contributed by atoms with Gasteiger partial charge in [0.15, 0.2) is 5.96 Å². The van der Waals surface area contributed by atoms with Crippen molar-refractivity contribution in [2.24, 2.45) is 4.99 Å². The SMILES string of the molecule is CCCNC(=O)CCN=C(NCC)NC1CCN(S(=O)(=O)C(F)(F)F)CC1. The standard InChI is InChI=1S/C15H28F3N5O3S/c1-3-8-20-13(24)5-9-21-14(19-4-2)22-12-6-10-23(11-7-12)27(25,26)15(16,17)18/h12H,3-11H2,1-2H3,(H,20,24)(H2,19,21,22). The number of nitrogens with zero attached hydrogens (tertiary/aromatic N) is 2. The van der Waals surface area contributed by atoms with E-state index in [-0.39, 0.29) is 50.8 Å². The molecule has 12 heteroatoms. The Morgan fingerprint density at radius 3 is 2.33 bits per heavy atom. The van der Waals surface area contributed by atoms with Crippen LogP contribution in [0.4, 0.5) is 13.2 Å². The van der Waals surface area contributed by atoms with E-state index >= 15 is 0 Å². The van der Waals surface area contributed by atoms with Gasteiger partial charge in [0.2, 0.25) is 5.91 Å². The summed E-state index contributed by atoms with van der Waals surface area (Å²) in [4.78, 5) is 15.9. The van der Waals surface area contributed by atoms with Gasteiger partial charge in [0, 0.05) is 38.6 Å². The zero-order chi connectivity index (χ0) is 20.5. The molecule has 1 heterocycles. The summed E-state index contributed by atoms with van der Waals surface area (Å²) in [5.41, 5.74) is -5.28. The number of piperidine rings is 1. The number of hydrogen-bond donors (Lipinski definition) is 3. The van der Waals surface area contributed by atoms with Crippen molar-refractivity contribution in [3.05, 3.63) is 0 Å². The van der Waals surface area contributed by atoms with Gasteiger partial charge in [-0.2, -0.15) is 17.5 Å². The number of aliphatic imine (C=N–C) groups is 1. The van der Waals surface area contributed by atoms with E-state index in [1.54, 1.807) is 0 Å². The molecule has 0 aromatic rings. The van der Waals surface area contributed by atoms with Crippen LogP contribution in [0.5, 0.6) is 0 Å². The summed E-state index contributed by atoms with van der Waals surface area (Å²) < 4.78 is 61.1. The molecule has 0 unspecified atom stereocenters. The van der Waals surface area contributed by atoms with Crippen molar-refractivity contribution in [3.63, 3.8) is 0 Å². The fourth-order valence-corrected chi connectivity index (χ4v) is 3.51. The minimum Gasteiger partial charge on any atom is -0.357 e. The summed E-state index contributed by atoms with van der Waals surface area (Å²) >= 11 is 0. The Kier molecular flexibility index (Phi) is 9.30. The number of amides is 1. The molecule has 1 aliphatic heterocycles. The maximum absolute atomic E-state index is 12.6. The van der Waals surface area contributed by atoms with Crippen LogP contribution in [0.2, 0.25) is 0 Å². The summed E-state index contributed by atoms with van der Waals surface area (Å²) in [6.45, 7) is 4.86. The van der Waals surface area contributed by atoms with Crippen molar-refractivity contribution in [3.8, 4) is 0 Å². The van der Waals surface area contributed by atoms with Gasteiger partial charge in [-0.25, -0.2) is 8.42 Å². The van der Waals surface area contributed by atoms with Crippen LogP contribution in [0.1, 0.15) is 39.5 Å². The van der Waals surface area contributed by atoms with Crippen molar-refractivity contribution < 1.29 is 26.4 Å². The lowest BCUT2D eigenvalue weighted by molar-refractivity contribution is -0.120. The van der Waals surface area contributed by atoms with E-state index in [2.05, 4.69) is 20.9 Å². The fourth-order valence-electron chi connectivity index (χ4n) is 2.52. The first-order chi connectivity index (χ1) is 12.6. The third-order valence-electron chi connectivity index (χ3n) is 3.95. The van der Waals surface area contributed by atoms with Gasteiger partial charge in [-0.1, -0.05) is 6.92 Å². The summed E-state index contributed by atoms with van der Waals surface area (Å²) in [6.07, 6.45) is 1.55. The van der Waals surface area contributed by atoms with E-state index in [4.69, 9.17) is 0 Å². The Balaban J connectivity index is 2.53. The number of carbonyl (C=O) groups excluding carboxylic acids is 1. The van der Waals surface area contributed by atoms with Gasteiger partial charge in [-0.3, -0.25) is 9.79 Å². The topological polar surface area (TPSA) is 103 Å². The molecular formula is C15H28F3N5O3S. The van der Waals surface area contributed by atoms with Crippen LogP contribution < -0.4 is 16.0 Å². The van der Waals surface area contributed by atoms with Crippen molar-refractivity contribution >= 4 is 21.9 Å². The van der Waals surface area contributed by atoms with Crippen molar-refractivity contribution in [1.82, 2.24) is 20.3 Å². The Bertz CT molecular complexity index is 602. The van der Waals surface area contributed by atoms with Gasteiger partial charge < -0.3 is 16.0 Å². The lowest BCUT2D eigenvalue weighted by atomic mass is 10.1. The average Bonchev–Trinajstić information content (AvgIpc) is 2.59. The molecule has 0 atom stereocenters. The van der Waals surface area contributed by atoms with Gasteiger partial charge in [-0.05, 0) is 26.2 Å². The zero-order valence-electron chi connectivity index (χ0n) is 15.6. The highest BCUT2D eigenvalue weighted by molar-refractivity contribution is 7.90. The third kappa shape index (κ3) is 7.53. The first kappa shape index (κ1) is 23.5. The van der Waals surface area contributed by atoms with E-state index in [0.29, 0.717) is 23.4 Å². The number of sulfonamides is 1. The Morgan fingerprint density at radius 2 is 1.81 bits per heavy atom. The molecule has 1 rings (SSSR count). The molecule has 0 aromatic heterocycles. The first-order valence-electron chi connectivity index (χ1n) is 8.99. The maximum Gasteiger partial charge on any atom is 0.511 e. The van der Waals surface area contributed by atoms with Crippen molar-refractivity contribution in [1.29, 1.82) is 0 Å². The second kappa shape index (κ2) is 10.7. The van der Waals surface area contributed by atoms with Crippen molar-refractivity contribution in [2.45, 2.75) is 51.1 Å². The lowest BCUT2D eigenvalue weighted by Gasteiger charge is -2.32. The monoisotopic (exact) mass is 415 g/mol. The lowest BCUT2D eigenvalue weighted by Crippen LogP contribution is -2.51. The molecule has 0 saturated carbocycles. The third-order valence-corrected chi connectivity index (χ3v) is 5.58. The quantitative estimate of drug-likeness (QED) is 0.401. The minimum atomic E-state index is -5.28. The number of halogens is 3. The highest BCUT2D eigenvalue weighted by Gasteiger charge is 2.50. The summed E-state index contributed by atoms with van der Waals surface area (Å²) in [5.74, 6) is 0.361. The van der Waals surface area contributed by atoms with E-state index in [0.717, 1.165) is 6.42 Å². The molecule has 3 N–H and O–H groups in total.